The molecule has 0 saturated carbocycles. The molecule has 0 fully saturated rings. The maximum atomic E-state index is 12.5. The first-order valence-electron chi connectivity index (χ1n) is 8.22. The van der Waals surface area contributed by atoms with Crippen molar-refractivity contribution in [1.82, 2.24) is 9.21 Å². The third kappa shape index (κ3) is 3.94. The predicted molar refractivity (Wildman–Crippen MR) is 99.1 cm³/mol. The Morgan fingerprint density at radius 3 is 2.72 bits per heavy atom. The number of aryl methyl sites for hydroxylation is 1. The highest BCUT2D eigenvalue weighted by Gasteiger charge is 2.24. The number of thiophene rings is 1. The van der Waals surface area contributed by atoms with Crippen molar-refractivity contribution in [3.8, 4) is 0 Å². The van der Waals surface area contributed by atoms with E-state index < -0.39 is 10.0 Å². The highest BCUT2D eigenvalue weighted by molar-refractivity contribution is 7.89. The summed E-state index contributed by atoms with van der Waals surface area (Å²) in [5.41, 5.74) is 2.05. The molecule has 2 aromatic rings. The minimum atomic E-state index is -3.46. The maximum absolute atomic E-state index is 12.5. The molecule has 134 valence electrons. The van der Waals surface area contributed by atoms with Gasteiger partial charge in [0.05, 0.1) is 4.90 Å². The molecule has 25 heavy (non-hydrogen) atoms. The average Bonchev–Trinajstić information content (AvgIpc) is 3.12. The van der Waals surface area contributed by atoms with Gasteiger partial charge in [0.1, 0.15) is 0 Å². The molecule has 0 N–H and O–H groups in total. The van der Waals surface area contributed by atoms with Gasteiger partial charge in [-0.25, -0.2) is 12.7 Å². The van der Waals surface area contributed by atoms with Crippen LogP contribution < -0.4 is 0 Å². The SMILES string of the molecule is CN(C)S(=O)(=O)c1ccc2c(c1)CN(C(=O)CCc1cccs1)CC2. The van der Waals surface area contributed by atoms with E-state index in [0.29, 0.717) is 19.5 Å². The number of sulfonamides is 1. The quantitative estimate of drug-likeness (QED) is 0.803. The van der Waals surface area contributed by atoms with Crippen molar-refractivity contribution in [2.75, 3.05) is 20.6 Å². The molecule has 0 unspecified atom stereocenters. The molecular weight excluding hydrogens is 356 g/mol. The maximum Gasteiger partial charge on any atom is 0.242 e. The van der Waals surface area contributed by atoms with E-state index in [1.165, 1.54) is 23.3 Å². The number of nitrogens with zero attached hydrogens (tertiary/aromatic N) is 2. The van der Waals surface area contributed by atoms with Gasteiger partial charge in [0.25, 0.3) is 0 Å². The number of amides is 1. The first-order chi connectivity index (χ1) is 11.9. The first kappa shape index (κ1) is 18.1. The molecule has 1 aromatic carbocycles. The van der Waals surface area contributed by atoms with E-state index in [2.05, 4.69) is 0 Å². The minimum Gasteiger partial charge on any atom is -0.338 e. The van der Waals surface area contributed by atoms with Gasteiger partial charge in [0.2, 0.25) is 15.9 Å². The second kappa shape index (κ2) is 7.27. The molecule has 0 radical (unpaired) electrons. The monoisotopic (exact) mass is 378 g/mol. The van der Waals surface area contributed by atoms with Crippen LogP contribution in [0.5, 0.6) is 0 Å². The average molecular weight is 379 g/mol. The van der Waals surface area contributed by atoms with Gasteiger partial charge in [-0.2, -0.15) is 0 Å². The fourth-order valence-electron chi connectivity index (χ4n) is 2.96. The van der Waals surface area contributed by atoms with Crippen LogP contribution in [0.15, 0.2) is 40.6 Å². The second-order valence-corrected chi connectivity index (χ2v) is 9.55. The van der Waals surface area contributed by atoms with Gasteiger partial charge in [-0.15, -0.1) is 11.3 Å². The third-order valence-corrected chi connectivity index (χ3v) is 7.23. The summed E-state index contributed by atoms with van der Waals surface area (Å²) in [7, 11) is -0.411. The van der Waals surface area contributed by atoms with Gasteiger partial charge >= 0.3 is 0 Å². The van der Waals surface area contributed by atoms with E-state index in [1.807, 2.05) is 28.5 Å². The smallest absolute Gasteiger partial charge is 0.242 e. The van der Waals surface area contributed by atoms with Crippen LogP contribution in [0.3, 0.4) is 0 Å². The summed E-state index contributed by atoms with van der Waals surface area (Å²) < 4.78 is 25.8. The molecule has 3 rings (SSSR count). The highest BCUT2D eigenvalue weighted by Crippen LogP contribution is 2.24. The van der Waals surface area contributed by atoms with Gasteiger partial charge in [-0.3, -0.25) is 4.79 Å². The highest BCUT2D eigenvalue weighted by atomic mass is 32.2. The number of fused-ring (bicyclic) bond motifs is 1. The van der Waals surface area contributed by atoms with Crippen LogP contribution in [-0.2, 0) is 34.2 Å². The zero-order valence-corrected chi connectivity index (χ0v) is 16.1. The van der Waals surface area contributed by atoms with Gasteiger partial charge in [-0.1, -0.05) is 12.1 Å². The molecule has 2 heterocycles. The molecule has 0 spiro atoms. The number of benzene rings is 1. The zero-order valence-electron chi connectivity index (χ0n) is 14.4. The van der Waals surface area contributed by atoms with Gasteiger partial charge < -0.3 is 4.90 Å². The fourth-order valence-corrected chi connectivity index (χ4v) is 4.62. The van der Waals surface area contributed by atoms with E-state index >= 15 is 0 Å². The van der Waals surface area contributed by atoms with Gasteiger partial charge in [0, 0.05) is 38.5 Å². The van der Waals surface area contributed by atoms with E-state index in [-0.39, 0.29) is 10.8 Å². The lowest BCUT2D eigenvalue weighted by Gasteiger charge is -2.29. The van der Waals surface area contributed by atoms with Crippen molar-refractivity contribution in [3.05, 3.63) is 51.7 Å². The molecule has 5 nitrogen and oxygen atoms in total. The number of carbonyl (C=O) groups excluding carboxylic acids is 1. The normalized spacial score (nSPS) is 14.6. The Morgan fingerprint density at radius 2 is 2.04 bits per heavy atom. The standard InChI is InChI=1S/C18H22N2O3S2/c1-19(2)25(22,23)17-7-5-14-9-10-20(13-15(14)12-17)18(21)8-6-16-4-3-11-24-16/h3-5,7,11-12H,6,8-10,13H2,1-2H3. The molecule has 1 aliphatic rings. The van der Waals surface area contributed by atoms with Crippen LogP contribution in [0.4, 0.5) is 0 Å². The molecule has 0 saturated heterocycles. The summed E-state index contributed by atoms with van der Waals surface area (Å²) in [6, 6.07) is 9.28. The zero-order chi connectivity index (χ0) is 18.0. The van der Waals surface area contributed by atoms with Crippen molar-refractivity contribution in [1.29, 1.82) is 0 Å². The van der Waals surface area contributed by atoms with Crippen molar-refractivity contribution >= 4 is 27.3 Å². The summed E-state index contributed by atoms with van der Waals surface area (Å²) >= 11 is 1.67. The minimum absolute atomic E-state index is 0.125. The fraction of sp³-hybridized carbons (Fsp3) is 0.389. The van der Waals surface area contributed by atoms with Crippen molar-refractivity contribution < 1.29 is 13.2 Å². The van der Waals surface area contributed by atoms with Crippen molar-refractivity contribution in [2.45, 2.75) is 30.7 Å². The molecule has 1 aliphatic heterocycles. The molecule has 0 atom stereocenters. The van der Waals surface area contributed by atoms with Crippen LogP contribution in [0, 0.1) is 0 Å². The number of rotatable bonds is 5. The Morgan fingerprint density at radius 1 is 1.24 bits per heavy atom. The van der Waals surface area contributed by atoms with E-state index in [1.54, 1.807) is 23.5 Å². The summed E-state index contributed by atoms with van der Waals surface area (Å²) in [5.74, 6) is 0.125. The van der Waals surface area contributed by atoms with Crippen LogP contribution in [0.1, 0.15) is 22.4 Å². The van der Waals surface area contributed by atoms with Crippen LogP contribution >= 0.6 is 11.3 Å². The first-order valence-corrected chi connectivity index (χ1v) is 10.5. The Kier molecular flexibility index (Phi) is 5.27. The number of hydrogen-bond donors (Lipinski definition) is 0. The molecule has 1 aromatic heterocycles. The lowest BCUT2D eigenvalue weighted by molar-refractivity contribution is -0.132. The third-order valence-electron chi connectivity index (χ3n) is 4.49. The van der Waals surface area contributed by atoms with Crippen LogP contribution in [0.2, 0.25) is 0 Å². The predicted octanol–water partition coefficient (Wildman–Crippen LogP) is 2.52. The van der Waals surface area contributed by atoms with Crippen molar-refractivity contribution in [3.63, 3.8) is 0 Å². The van der Waals surface area contributed by atoms with Crippen LogP contribution in [-0.4, -0.2) is 44.2 Å². The Bertz CT molecular complexity index is 858. The molecule has 0 aliphatic carbocycles. The summed E-state index contributed by atoms with van der Waals surface area (Å²) in [6.45, 7) is 1.17. The summed E-state index contributed by atoms with van der Waals surface area (Å²) in [5, 5.41) is 2.02. The summed E-state index contributed by atoms with van der Waals surface area (Å²) in [6.07, 6.45) is 2.02. The van der Waals surface area contributed by atoms with E-state index in [0.717, 1.165) is 24.0 Å². The number of hydrogen-bond acceptors (Lipinski definition) is 4. The molecular formula is C18H22N2O3S2. The van der Waals surface area contributed by atoms with Gasteiger partial charge in [-0.05, 0) is 47.5 Å². The second-order valence-electron chi connectivity index (χ2n) is 6.36. The van der Waals surface area contributed by atoms with Crippen LogP contribution in [0.25, 0.3) is 0 Å². The number of carbonyl (C=O) groups is 1. The topological polar surface area (TPSA) is 57.7 Å². The van der Waals surface area contributed by atoms with Crippen molar-refractivity contribution in [2.24, 2.45) is 0 Å². The van der Waals surface area contributed by atoms with E-state index in [9.17, 15) is 13.2 Å². The molecule has 1 amide bonds. The molecule has 7 heteroatoms. The lowest BCUT2D eigenvalue weighted by Crippen LogP contribution is -2.36. The Hall–Kier alpha value is -1.70. The largest absolute Gasteiger partial charge is 0.338 e. The van der Waals surface area contributed by atoms with Gasteiger partial charge in [0.15, 0.2) is 0 Å². The lowest BCUT2D eigenvalue weighted by atomic mass is 9.99. The van der Waals surface area contributed by atoms with E-state index in [4.69, 9.17) is 0 Å². The summed E-state index contributed by atoms with van der Waals surface area (Å²) in [4.78, 5) is 15.8. The Balaban J connectivity index is 1.72. The Labute approximate surface area is 152 Å². The molecule has 0 bridgehead atoms.